The van der Waals surface area contributed by atoms with Gasteiger partial charge in [0.05, 0.1) is 5.54 Å². The normalized spacial score (nSPS) is 17.6. The smallest absolute Gasteiger partial charge is 0.408 e. The minimum absolute atomic E-state index is 0. The van der Waals surface area contributed by atoms with Crippen LogP contribution >= 0.6 is 12.4 Å². The highest BCUT2D eigenvalue weighted by Gasteiger charge is 2.44. The fourth-order valence-corrected chi connectivity index (χ4v) is 1.36. The minimum Gasteiger partial charge on any atom is -0.444 e. The molecule has 2 N–H and O–H groups in total. The number of hydrogen-bond acceptors (Lipinski definition) is 3. The summed E-state index contributed by atoms with van der Waals surface area (Å²) >= 11 is 0. The maximum absolute atomic E-state index is 11.4. The Morgan fingerprint density at radius 1 is 1.40 bits per heavy atom. The van der Waals surface area contributed by atoms with Crippen LogP contribution in [-0.2, 0) is 4.74 Å². The second kappa shape index (κ2) is 5.03. The van der Waals surface area contributed by atoms with E-state index in [1.54, 1.807) is 0 Å². The molecule has 1 aliphatic carbocycles. The number of amides is 1. The average Bonchev–Trinajstić information content (AvgIpc) is 2.64. The molecule has 0 unspecified atom stereocenters. The van der Waals surface area contributed by atoms with Crippen molar-refractivity contribution in [2.45, 2.75) is 44.8 Å². The topological polar surface area (TPSA) is 50.4 Å². The van der Waals surface area contributed by atoms with E-state index < -0.39 is 5.60 Å². The first-order valence-electron chi connectivity index (χ1n) is 5.03. The van der Waals surface area contributed by atoms with E-state index in [2.05, 4.69) is 10.6 Å². The molecule has 90 valence electrons. The van der Waals surface area contributed by atoms with Gasteiger partial charge in [-0.1, -0.05) is 0 Å². The SMILES string of the molecule is CNCC1(NC(=O)OC(C)(C)C)CC1.Cl. The first-order valence-corrected chi connectivity index (χ1v) is 5.03. The quantitative estimate of drug-likeness (QED) is 0.784. The third-order valence-corrected chi connectivity index (χ3v) is 2.13. The molecule has 15 heavy (non-hydrogen) atoms. The summed E-state index contributed by atoms with van der Waals surface area (Å²) in [5.41, 5.74) is -0.461. The van der Waals surface area contributed by atoms with E-state index in [4.69, 9.17) is 4.74 Å². The molecule has 0 aliphatic heterocycles. The van der Waals surface area contributed by atoms with E-state index in [1.165, 1.54) is 0 Å². The van der Waals surface area contributed by atoms with Crippen LogP contribution in [0.25, 0.3) is 0 Å². The number of carbonyl (C=O) groups excluding carboxylic acids is 1. The van der Waals surface area contributed by atoms with Gasteiger partial charge in [0, 0.05) is 6.54 Å². The average molecular weight is 237 g/mol. The molecule has 0 aromatic carbocycles. The standard InChI is InChI=1S/C10H20N2O2.ClH/c1-9(2,3)14-8(13)12-10(5-6-10)7-11-4;/h11H,5-7H2,1-4H3,(H,12,13);1H. The highest BCUT2D eigenvalue weighted by Crippen LogP contribution is 2.34. The highest BCUT2D eigenvalue weighted by molar-refractivity contribution is 5.85. The highest BCUT2D eigenvalue weighted by atomic mass is 35.5. The summed E-state index contributed by atoms with van der Waals surface area (Å²) < 4.78 is 5.18. The van der Waals surface area contributed by atoms with Gasteiger partial charge in [-0.15, -0.1) is 12.4 Å². The minimum atomic E-state index is -0.417. The molecule has 0 spiro atoms. The number of likely N-dealkylation sites (N-methyl/N-ethyl adjacent to an activating group) is 1. The van der Waals surface area contributed by atoms with E-state index in [9.17, 15) is 4.79 Å². The molecule has 0 aromatic rings. The molecule has 4 nitrogen and oxygen atoms in total. The fourth-order valence-electron chi connectivity index (χ4n) is 1.36. The lowest BCUT2D eigenvalue weighted by molar-refractivity contribution is 0.0497. The summed E-state index contributed by atoms with van der Waals surface area (Å²) in [6.45, 7) is 6.41. The van der Waals surface area contributed by atoms with Crippen molar-refractivity contribution in [3.8, 4) is 0 Å². The van der Waals surface area contributed by atoms with Gasteiger partial charge in [-0.25, -0.2) is 4.79 Å². The van der Waals surface area contributed by atoms with Gasteiger partial charge in [-0.2, -0.15) is 0 Å². The maximum atomic E-state index is 11.4. The van der Waals surface area contributed by atoms with Crippen molar-refractivity contribution in [3.63, 3.8) is 0 Å². The lowest BCUT2D eigenvalue weighted by Gasteiger charge is -2.23. The summed E-state index contributed by atoms with van der Waals surface area (Å²) in [7, 11) is 1.89. The lowest BCUT2D eigenvalue weighted by Crippen LogP contribution is -2.45. The molecule has 0 radical (unpaired) electrons. The number of halogens is 1. The number of nitrogens with one attached hydrogen (secondary N) is 2. The van der Waals surface area contributed by atoms with Crippen molar-refractivity contribution in [1.29, 1.82) is 0 Å². The molecule has 1 saturated carbocycles. The third kappa shape index (κ3) is 5.23. The van der Waals surface area contributed by atoms with Crippen LogP contribution in [0.3, 0.4) is 0 Å². The van der Waals surface area contributed by atoms with Crippen LogP contribution in [-0.4, -0.2) is 30.8 Å². The molecule has 5 heteroatoms. The Labute approximate surface area is 97.5 Å². The molecule has 0 aromatic heterocycles. The Bertz CT molecular complexity index is 222. The van der Waals surface area contributed by atoms with Gasteiger partial charge in [0.15, 0.2) is 0 Å². The molecular formula is C10H21ClN2O2. The Morgan fingerprint density at radius 3 is 2.27 bits per heavy atom. The monoisotopic (exact) mass is 236 g/mol. The van der Waals surface area contributed by atoms with E-state index in [0.29, 0.717) is 0 Å². The van der Waals surface area contributed by atoms with Crippen molar-refractivity contribution in [2.24, 2.45) is 0 Å². The third-order valence-electron chi connectivity index (χ3n) is 2.13. The van der Waals surface area contributed by atoms with Crippen molar-refractivity contribution >= 4 is 18.5 Å². The zero-order valence-electron chi connectivity index (χ0n) is 9.85. The van der Waals surface area contributed by atoms with Crippen LogP contribution in [0.5, 0.6) is 0 Å². The summed E-state index contributed by atoms with van der Waals surface area (Å²) in [6.07, 6.45) is 1.76. The van der Waals surface area contributed by atoms with Crippen LogP contribution in [0, 0.1) is 0 Å². The molecule has 1 rings (SSSR count). The molecular weight excluding hydrogens is 216 g/mol. The van der Waals surface area contributed by atoms with Crippen molar-refractivity contribution in [3.05, 3.63) is 0 Å². The second-order valence-corrected chi connectivity index (χ2v) is 4.94. The van der Waals surface area contributed by atoms with Crippen LogP contribution in [0.1, 0.15) is 33.6 Å². The van der Waals surface area contributed by atoms with Crippen LogP contribution < -0.4 is 10.6 Å². The van der Waals surface area contributed by atoms with Crippen molar-refractivity contribution in [1.82, 2.24) is 10.6 Å². The number of hydrogen-bond donors (Lipinski definition) is 2. The molecule has 0 heterocycles. The number of rotatable bonds is 3. The van der Waals surface area contributed by atoms with Crippen LogP contribution in [0.2, 0.25) is 0 Å². The molecule has 1 aliphatic rings. The van der Waals surface area contributed by atoms with Crippen molar-refractivity contribution < 1.29 is 9.53 Å². The second-order valence-electron chi connectivity index (χ2n) is 4.94. The zero-order chi connectivity index (χ0) is 10.8. The van der Waals surface area contributed by atoms with Crippen molar-refractivity contribution in [2.75, 3.05) is 13.6 Å². The first-order chi connectivity index (χ1) is 6.37. The van der Waals surface area contributed by atoms with Gasteiger partial charge in [0.1, 0.15) is 5.60 Å². The summed E-state index contributed by atoms with van der Waals surface area (Å²) in [5, 5.41) is 5.97. The van der Waals surface area contributed by atoms with E-state index in [0.717, 1.165) is 19.4 Å². The molecule has 0 saturated heterocycles. The molecule has 1 amide bonds. The molecule has 0 bridgehead atoms. The maximum Gasteiger partial charge on any atom is 0.408 e. The predicted octanol–water partition coefficient (Wildman–Crippen LogP) is 1.68. The van der Waals surface area contributed by atoms with Gasteiger partial charge >= 0.3 is 6.09 Å². The number of ether oxygens (including phenoxy) is 1. The lowest BCUT2D eigenvalue weighted by atomic mass is 10.2. The van der Waals surface area contributed by atoms with Gasteiger partial charge in [-0.3, -0.25) is 0 Å². The number of alkyl carbamates (subject to hydrolysis) is 1. The summed E-state index contributed by atoms with van der Waals surface area (Å²) in [5.74, 6) is 0. The van der Waals surface area contributed by atoms with E-state index >= 15 is 0 Å². The number of carbonyl (C=O) groups is 1. The summed E-state index contributed by atoms with van der Waals surface area (Å²) in [4.78, 5) is 11.4. The van der Waals surface area contributed by atoms with Crippen LogP contribution in [0.4, 0.5) is 4.79 Å². The van der Waals surface area contributed by atoms with Gasteiger partial charge in [-0.05, 0) is 40.7 Å². The first kappa shape index (κ1) is 14.5. The Kier molecular flexibility index (Phi) is 4.87. The van der Waals surface area contributed by atoms with Crippen LogP contribution in [0.15, 0.2) is 0 Å². The molecule has 1 fully saturated rings. The van der Waals surface area contributed by atoms with Gasteiger partial charge < -0.3 is 15.4 Å². The van der Waals surface area contributed by atoms with Gasteiger partial charge in [0.2, 0.25) is 0 Å². The van der Waals surface area contributed by atoms with E-state index in [-0.39, 0.29) is 24.0 Å². The predicted molar refractivity (Wildman–Crippen MR) is 62.5 cm³/mol. The van der Waals surface area contributed by atoms with E-state index in [1.807, 2.05) is 27.8 Å². The fraction of sp³-hybridized carbons (Fsp3) is 0.900. The summed E-state index contributed by atoms with van der Waals surface area (Å²) in [6, 6.07) is 0. The Balaban J connectivity index is 0.00000196. The molecule has 0 atom stereocenters. The Hall–Kier alpha value is -0.480. The Morgan fingerprint density at radius 2 is 1.93 bits per heavy atom. The van der Waals surface area contributed by atoms with Gasteiger partial charge in [0.25, 0.3) is 0 Å². The zero-order valence-corrected chi connectivity index (χ0v) is 10.7. The largest absolute Gasteiger partial charge is 0.444 e.